The van der Waals surface area contributed by atoms with Crippen LogP contribution in [0, 0.1) is 0 Å². The van der Waals surface area contributed by atoms with E-state index < -0.39 is 18.0 Å². The first kappa shape index (κ1) is 15.6. The summed E-state index contributed by atoms with van der Waals surface area (Å²) in [6.45, 7) is -0.142. The van der Waals surface area contributed by atoms with E-state index in [1.165, 1.54) is 4.68 Å². The fourth-order valence-electron chi connectivity index (χ4n) is 1.46. The Morgan fingerprint density at radius 1 is 1.40 bits per heavy atom. The van der Waals surface area contributed by atoms with E-state index in [4.69, 9.17) is 5.11 Å². The summed E-state index contributed by atoms with van der Waals surface area (Å²) in [6.07, 6.45) is 2.70. The second-order valence-corrected chi connectivity index (χ2v) is 4.05. The number of imide groups is 1. The monoisotopic (exact) mass is 284 g/mol. The van der Waals surface area contributed by atoms with Crippen molar-refractivity contribution in [3.63, 3.8) is 0 Å². The number of carbonyl (C=O) groups is 3. The van der Waals surface area contributed by atoms with Gasteiger partial charge < -0.3 is 9.84 Å². The van der Waals surface area contributed by atoms with Gasteiger partial charge in [-0.05, 0) is 19.3 Å². The molecule has 1 aromatic heterocycles. The van der Waals surface area contributed by atoms with Crippen LogP contribution in [0.5, 0.6) is 0 Å². The molecule has 9 heteroatoms. The fraction of sp³-hybridized carbons (Fsp3) is 0.545. The maximum absolute atomic E-state index is 11.4. The molecule has 0 aliphatic carbocycles. The van der Waals surface area contributed by atoms with Crippen LogP contribution in [0.15, 0.2) is 6.20 Å². The van der Waals surface area contributed by atoms with Gasteiger partial charge in [0.25, 0.3) is 5.91 Å². The lowest BCUT2D eigenvalue weighted by molar-refractivity contribution is -0.137. The van der Waals surface area contributed by atoms with Gasteiger partial charge in [-0.1, -0.05) is 5.21 Å². The average Bonchev–Trinajstić information content (AvgIpc) is 2.81. The Morgan fingerprint density at radius 2 is 2.15 bits per heavy atom. The van der Waals surface area contributed by atoms with Crippen LogP contribution >= 0.6 is 0 Å². The van der Waals surface area contributed by atoms with Crippen LogP contribution in [0.1, 0.15) is 25.0 Å². The van der Waals surface area contributed by atoms with Crippen LogP contribution in [0.3, 0.4) is 0 Å². The van der Waals surface area contributed by atoms with Crippen molar-refractivity contribution in [1.82, 2.24) is 20.3 Å². The number of aryl methyl sites for hydroxylation is 1. The van der Waals surface area contributed by atoms with Crippen molar-refractivity contribution < 1.29 is 24.2 Å². The largest absolute Gasteiger partial charge is 0.481 e. The number of carbonyl (C=O) groups excluding carboxylic acids is 2. The Balaban J connectivity index is 2.33. The van der Waals surface area contributed by atoms with E-state index in [0.717, 1.165) is 7.11 Å². The molecule has 20 heavy (non-hydrogen) atoms. The SMILES string of the molecule is COC(=O)NC(=O)Cn1cc(CCCCC(=O)O)nn1. The van der Waals surface area contributed by atoms with E-state index >= 15 is 0 Å². The number of carboxylic acids is 1. The molecule has 0 radical (unpaired) electrons. The van der Waals surface area contributed by atoms with Gasteiger partial charge in [-0.2, -0.15) is 0 Å². The first-order valence-corrected chi connectivity index (χ1v) is 6.00. The molecule has 1 aromatic rings. The van der Waals surface area contributed by atoms with Gasteiger partial charge in [-0.3, -0.25) is 14.9 Å². The lowest BCUT2D eigenvalue weighted by Gasteiger charge is -2.01. The first-order valence-electron chi connectivity index (χ1n) is 6.00. The molecule has 0 bridgehead atoms. The Morgan fingerprint density at radius 3 is 2.80 bits per heavy atom. The standard InChI is InChI=1S/C11H16N4O5/c1-20-11(19)12-9(16)7-15-6-8(13-14-15)4-2-3-5-10(17)18/h6H,2-5,7H2,1H3,(H,17,18)(H,12,16,19). The van der Waals surface area contributed by atoms with Crippen LogP contribution in [0.25, 0.3) is 0 Å². The molecular formula is C11H16N4O5. The molecule has 0 saturated carbocycles. The molecule has 0 saturated heterocycles. The molecule has 0 unspecified atom stereocenters. The molecule has 2 amide bonds. The van der Waals surface area contributed by atoms with Gasteiger partial charge in [-0.15, -0.1) is 5.10 Å². The molecule has 0 aromatic carbocycles. The van der Waals surface area contributed by atoms with Crippen LogP contribution in [-0.4, -0.2) is 45.2 Å². The molecule has 0 atom stereocenters. The molecule has 0 aliphatic rings. The molecule has 0 fully saturated rings. The van der Waals surface area contributed by atoms with Gasteiger partial charge in [0.15, 0.2) is 0 Å². The van der Waals surface area contributed by atoms with Crippen LogP contribution in [0.2, 0.25) is 0 Å². The van der Waals surface area contributed by atoms with Crippen molar-refractivity contribution in [2.75, 3.05) is 7.11 Å². The summed E-state index contributed by atoms with van der Waals surface area (Å²) in [7, 11) is 1.16. The second-order valence-electron chi connectivity index (χ2n) is 4.05. The number of aromatic nitrogens is 3. The van der Waals surface area contributed by atoms with Crippen molar-refractivity contribution in [1.29, 1.82) is 0 Å². The normalized spacial score (nSPS) is 10.1. The highest BCUT2D eigenvalue weighted by Crippen LogP contribution is 2.03. The number of alkyl carbamates (subject to hydrolysis) is 1. The van der Waals surface area contributed by atoms with Crippen molar-refractivity contribution in [3.8, 4) is 0 Å². The van der Waals surface area contributed by atoms with E-state index in [1.807, 2.05) is 5.32 Å². The lowest BCUT2D eigenvalue weighted by Crippen LogP contribution is -2.33. The smallest absolute Gasteiger partial charge is 0.413 e. The Hall–Kier alpha value is -2.45. The number of rotatable bonds is 7. The summed E-state index contributed by atoms with van der Waals surface area (Å²) >= 11 is 0. The highest BCUT2D eigenvalue weighted by atomic mass is 16.5. The minimum absolute atomic E-state index is 0.121. The molecule has 0 spiro atoms. The quantitative estimate of drug-likeness (QED) is 0.673. The average molecular weight is 284 g/mol. The third-order valence-corrected chi connectivity index (χ3v) is 2.39. The van der Waals surface area contributed by atoms with Gasteiger partial charge in [0.1, 0.15) is 6.54 Å². The topological polar surface area (TPSA) is 123 Å². The van der Waals surface area contributed by atoms with Gasteiger partial charge in [0.05, 0.1) is 12.8 Å². The predicted octanol–water partition coefficient (Wildman–Crippen LogP) is -0.0419. The van der Waals surface area contributed by atoms with E-state index in [0.29, 0.717) is 25.0 Å². The molecule has 1 rings (SSSR count). The van der Waals surface area contributed by atoms with Crippen LogP contribution < -0.4 is 5.32 Å². The molecule has 2 N–H and O–H groups in total. The Kier molecular flexibility index (Phi) is 6.14. The van der Waals surface area contributed by atoms with Gasteiger partial charge in [0.2, 0.25) is 0 Å². The number of hydrogen-bond acceptors (Lipinski definition) is 6. The summed E-state index contributed by atoms with van der Waals surface area (Å²) in [5, 5.41) is 18.1. The fourth-order valence-corrected chi connectivity index (χ4v) is 1.46. The van der Waals surface area contributed by atoms with Crippen molar-refractivity contribution in [3.05, 3.63) is 11.9 Å². The summed E-state index contributed by atoms with van der Waals surface area (Å²) in [6, 6.07) is 0. The minimum Gasteiger partial charge on any atom is -0.481 e. The Labute approximate surface area is 114 Å². The third kappa shape index (κ3) is 5.94. The number of nitrogens with one attached hydrogen (secondary N) is 1. The molecule has 110 valence electrons. The number of methoxy groups -OCH3 is 1. The number of ether oxygens (including phenoxy) is 1. The van der Waals surface area contributed by atoms with Crippen molar-refractivity contribution in [2.45, 2.75) is 32.2 Å². The highest BCUT2D eigenvalue weighted by Gasteiger charge is 2.09. The zero-order valence-corrected chi connectivity index (χ0v) is 11.0. The number of nitrogens with zero attached hydrogens (tertiary/aromatic N) is 3. The first-order chi connectivity index (χ1) is 9.51. The van der Waals surface area contributed by atoms with Crippen molar-refractivity contribution >= 4 is 18.0 Å². The zero-order chi connectivity index (χ0) is 15.0. The van der Waals surface area contributed by atoms with Gasteiger partial charge in [0, 0.05) is 12.6 Å². The zero-order valence-electron chi connectivity index (χ0n) is 11.0. The highest BCUT2D eigenvalue weighted by molar-refractivity contribution is 5.91. The Bertz CT molecular complexity index is 485. The number of amides is 2. The maximum atomic E-state index is 11.4. The molecule has 0 aliphatic heterocycles. The van der Waals surface area contributed by atoms with Gasteiger partial charge >= 0.3 is 12.1 Å². The maximum Gasteiger partial charge on any atom is 0.413 e. The van der Waals surface area contributed by atoms with Gasteiger partial charge in [-0.25, -0.2) is 9.48 Å². The van der Waals surface area contributed by atoms with E-state index in [1.54, 1.807) is 6.20 Å². The lowest BCUT2D eigenvalue weighted by atomic mass is 10.1. The number of carboxylic acid groups (broad SMARTS) is 1. The molecular weight excluding hydrogens is 268 g/mol. The summed E-state index contributed by atoms with van der Waals surface area (Å²) in [5.74, 6) is -1.38. The summed E-state index contributed by atoms with van der Waals surface area (Å²) in [5.41, 5.74) is 0.668. The van der Waals surface area contributed by atoms with Crippen LogP contribution in [0.4, 0.5) is 4.79 Å². The number of hydrogen-bond donors (Lipinski definition) is 2. The molecule has 1 heterocycles. The van der Waals surface area contributed by atoms with E-state index in [9.17, 15) is 14.4 Å². The summed E-state index contributed by atoms with van der Waals surface area (Å²) < 4.78 is 5.58. The molecule has 9 nitrogen and oxygen atoms in total. The van der Waals surface area contributed by atoms with Crippen LogP contribution in [-0.2, 0) is 27.3 Å². The third-order valence-electron chi connectivity index (χ3n) is 2.39. The second kappa shape index (κ2) is 7.87. The number of aliphatic carboxylic acids is 1. The predicted molar refractivity (Wildman–Crippen MR) is 65.8 cm³/mol. The minimum atomic E-state index is -0.830. The van der Waals surface area contributed by atoms with Crippen molar-refractivity contribution in [2.24, 2.45) is 0 Å². The van der Waals surface area contributed by atoms with E-state index in [-0.39, 0.29) is 13.0 Å². The number of unbranched alkanes of at least 4 members (excludes halogenated alkanes) is 1. The van der Waals surface area contributed by atoms with E-state index in [2.05, 4.69) is 15.0 Å². The summed E-state index contributed by atoms with van der Waals surface area (Å²) in [4.78, 5) is 32.5.